The fraction of sp³-hybridized carbons (Fsp3) is 0.357. The van der Waals surface area contributed by atoms with Gasteiger partial charge in [-0.15, -0.1) is 0 Å². The molecule has 2 rings (SSSR count). The molecule has 0 amide bonds. The standard InChI is InChI=1S/C14H18BrN3/c1-3-6-16-10-12-4-5-13(15)9-14(12)18-8-7-17-11(18)2/h4-5,7-9,16H,3,6,10H2,1-2H3. The van der Waals surface area contributed by atoms with E-state index >= 15 is 0 Å². The number of imidazole rings is 1. The van der Waals surface area contributed by atoms with Crippen LogP contribution in [-0.4, -0.2) is 16.1 Å². The molecule has 1 aromatic carbocycles. The lowest BCUT2D eigenvalue weighted by atomic mass is 10.1. The number of hydrogen-bond acceptors (Lipinski definition) is 2. The van der Waals surface area contributed by atoms with Crippen molar-refractivity contribution in [3.8, 4) is 5.69 Å². The van der Waals surface area contributed by atoms with Gasteiger partial charge in [0.2, 0.25) is 0 Å². The average molecular weight is 308 g/mol. The number of hydrogen-bond donors (Lipinski definition) is 1. The summed E-state index contributed by atoms with van der Waals surface area (Å²) < 4.78 is 3.21. The highest BCUT2D eigenvalue weighted by Crippen LogP contribution is 2.21. The summed E-state index contributed by atoms with van der Waals surface area (Å²) in [6, 6.07) is 6.37. The van der Waals surface area contributed by atoms with Gasteiger partial charge in [-0.3, -0.25) is 0 Å². The Hall–Kier alpha value is -1.13. The molecular weight excluding hydrogens is 290 g/mol. The van der Waals surface area contributed by atoms with Gasteiger partial charge < -0.3 is 9.88 Å². The fourth-order valence-corrected chi connectivity index (χ4v) is 2.29. The second-order valence-corrected chi connectivity index (χ2v) is 5.21. The third-order valence-electron chi connectivity index (χ3n) is 2.87. The van der Waals surface area contributed by atoms with Crippen LogP contribution in [0.1, 0.15) is 24.7 Å². The second kappa shape index (κ2) is 6.16. The molecule has 0 saturated carbocycles. The molecule has 0 aliphatic rings. The van der Waals surface area contributed by atoms with Gasteiger partial charge in [0.25, 0.3) is 0 Å². The van der Waals surface area contributed by atoms with Crippen LogP contribution < -0.4 is 5.32 Å². The first-order chi connectivity index (χ1) is 8.72. The quantitative estimate of drug-likeness (QED) is 0.858. The summed E-state index contributed by atoms with van der Waals surface area (Å²) in [7, 11) is 0. The van der Waals surface area contributed by atoms with Crippen LogP contribution in [0.4, 0.5) is 0 Å². The van der Waals surface area contributed by atoms with Crippen molar-refractivity contribution in [2.45, 2.75) is 26.8 Å². The molecule has 0 saturated heterocycles. The van der Waals surface area contributed by atoms with Gasteiger partial charge in [-0.25, -0.2) is 4.98 Å². The topological polar surface area (TPSA) is 29.9 Å². The van der Waals surface area contributed by atoms with Gasteiger partial charge in [-0.1, -0.05) is 28.9 Å². The zero-order valence-corrected chi connectivity index (χ0v) is 12.4. The van der Waals surface area contributed by atoms with Crippen molar-refractivity contribution in [3.63, 3.8) is 0 Å². The largest absolute Gasteiger partial charge is 0.313 e. The smallest absolute Gasteiger partial charge is 0.110 e. The molecule has 1 heterocycles. The van der Waals surface area contributed by atoms with Crippen molar-refractivity contribution in [3.05, 3.63) is 46.5 Å². The van der Waals surface area contributed by atoms with Crippen LogP contribution in [0.25, 0.3) is 5.69 Å². The molecule has 1 aromatic heterocycles. The first-order valence-corrected chi connectivity index (χ1v) is 7.01. The fourth-order valence-electron chi connectivity index (χ4n) is 1.94. The zero-order valence-electron chi connectivity index (χ0n) is 10.8. The molecule has 1 N–H and O–H groups in total. The minimum absolute atomic E-state index is 0.883. The summed E-state index contributed by atoms with van der Waals surface area (Å²) in [4.78, 5) is 4.29. The van der Waals surface area contributed by atoms with Crippen molar-refractivity contribution in [2.75, 3.05) is 6.54 Å². The van der Waals surface area contributed by atoms with E-state index in [9.17, 15) is 0 Å². The summed E-state index contributed by atoms with van der Waals surface area (Å²) >= 11 is 3.53. The molecule has 0 unspecified atom stereocenters. The number of aromatic nitrogens is 2. The molecule has 0 aliphatic carbocycles. The molecule has 0 atom stereocenters. The third-order valence-corrected chi connectivity index (χ3v) is 3.37. The van der Waals surface area contributed by atoms with Crippen molar-refractivity contribution in [2.24, 2.45) is 0 Å². The van der Waals surface area contributed by atoms with E-state index in [2.05, 4.69) is 55.9 Å². The van der Waals surface area contributed by atoms with Crippen LogP contribution >= 0.6 is 15.9 Å². The van der Waals surface area contributed by atoms with Crippen molar-refractivity contribution in [1.29, 1.82) is 0 Å². The predicted molar refractivity (Wildman–Crippen MR) is 78.0 cm³/mol. The number of benzene rings is 1. The number of rotatable bonds is 5. The van der Waals surface area contributed by atoms with Crippen LogP contribution in [0.2, 0.25) is 0 Å². The first-order valence-electron chi connectivity index (χ1n) is 6.22. The maximum absolute atomic E-state index is 4.29. The van der Waals surface area contributed by atoms with E-state index < -0.39 is 0 Å². The summed E-state index contributed by atoms with van der Waals surface area (Å²) in [6.07, 6.45) is 4.98. The Kier molecular flexibility index (Phi) is 4.55. The molecule has 0 radical (unpaired) electrons. The summed E-state index contributed by atoms with van der Waals surface area (Å²) in [6.45, 7) is 6.12. The highest BCUT2D eigenvalue weighted by atomic mass is 79.9. The Morgan fingerprint density at radius 1 is 1.39 bits per heavy atom. The Bertz CT molecular complexity index is 520. The minimum atomic E-state index is 0.883. The van der Waals surface area contributed by atoms with E-state index in [1.807, 2.05) is 19.3 Å². The molecule has 0 aliphatic heterocycles. The number of halogens is 1. The number of aryl methyl sites for hydroxylation is 1. The molecule has 2 aromatic rings. The van der Waals surface area contributed by atoms with Crippen molar-refractivity contribution in [1.82, 2.24) is 14.9 Å². The van der Waals surface area contributed by atoms with Crippen molar-refractivity contribution < 1.29 is 0 Å². The number of nitrogens with one attached hydrogen (secondary N) is 1. The third kappa shape index (κ3) is 3.00. The highest BCUT2D eigenvalue weighted by molar-refractivity contribution is 9.10. The van der Waals surface area contributed by atoms with Gasteiger partial charge in [-0.05, 0) is 37.6 Å². The SMILES string of the molecule is CCCNCc1ccc(Br)cc1-n1ccnc1C. The Morgan fingerprint density at radius 2 is 2.22 bits per heavy atom. The van der Waals surface area contributed by atoms with Gasteiger partial charge in [-0.2, -0.15) is 0 Å². The van der Waals surface area contributed by atoms with E-state index in [1.54, 1.807) is 0 Å². The molecule has 0 bridgehead atoms. The number of nitrogens with zero attached hydrogens (tertiary/aromatic N) is 2. The van der Waals surface area contributed by atoms with Gasteiger partial charge in [0.05, 0.1) is 5.69 Å². The van der Waals surface area contributed by atoms with E-state index in [1.165, 1.54) is 11.3 Å². The molecule has 3 nitrogen and oxygen atoms in total. The van der Waals surface area contributed by atoms with Gasteiger partial charge in [0.15, 0.2) is 0 Å². The lowest BCUT2D eigenvalue weighted by Gasteiger charge is -2.13. The van der Waals surface area contributed by atoms with E-state index in [0.29, 0.717) is 0 Å². The molecular formula is C14H18BrN3. The van der Waals surface area contributed by atoms with E-state index in [0.717, 1.165) is 29.8 Å². The summed E-state index contributed by atoms with van der Waals surface area (Å²) in [5, 5.41) is 3.44. The first kappa shape index (κ1) is 13.3. The van der Waals surface area contributed by atoms with Crippen LogP contribution in [0.3, 0.4) is 0 Å². The molecule has 96 valence electrons. The van der Waals surface area contributed by atoms with Gasteiger partial charge in [0.1, 0.15) is 5.82 Å². The minimum Gasteiger partial charge on any atom is -0.313 e. The summed E-state index contributed by atoms with van der Waals surface area (Å²) in [5.74, 6) is 1.00. The molecule has 0 spiro atoms. The summed E-state index contributed by atoms with van der Waals surface area (Å²) in [5.41, 5.74) is 2.47. The van der Waals surface area contributed by atoms with Crippen LogP contribution in [-0.2, 0) is 6.54 Å². The van der Waals surface area contributed by atoms with E-state index in [-0.39, 0.29) is 0 Å². The van der Waals surface area contributed by atoms with E-state index in [4.69, 9.17) is 0 Å². The lowest BCUT2D eigenvalue weighted by molar-refractivity contribution is 0.672. The average Bonchev–Trinajstić information content (AvgIpc) is 2.77. The van der Waals surface area contributed by atoms with Gasteiger partial charge in [0, 0.05) is 23.4 Å². The molecule has 18 heavy (non-hydrogen) atoms. The second-order valence-electron chi connectivity index (χ2n) is 4.29. The lowest BCUT2D eigenvalue weighted by Crippen LogP contribution is -2.15. The van der Waals surface area contributed by atoms with Crippen LogP contribution in [0, 0.1) is 6.92 Å². The molecule has 0 fully saturated rings. The zero-order chi connectivity index (χ0) is 13.0. The molecule has 4 heteroatoms. The maximum Gasteiger partial charge on any atom is 0.110 e. The van der Waals surface area contributed by atoms with Crippen molar-refractivity contribution >= 4 is 15.9 Å². The monoisotopic (exact) mass is 307 g/mol. The predicted octanol–water partition coefficient (Wildman–Crippen LogP) is 3.44. The Morgan fingerprint density at radius 3 is 2.89 bits per heavy atom. The maximum atomic E-state index is 4.29. The van der Waals surface area contributed by atoms with Crippen LogP contribution in [0.15, 0.2) is 35.1 Å². The Labute approximate surface area is 116 Å². The van der Waals surface area contributed by atoms with Crippen LogP contribution in [0.5, 0.6) is 0 Å². The Balaban J connectivity index is 2.32. The normalized spacial score (nSPS) is 10.8. The van der Waals surface area contributed by atoms with Gasteiger partial charge >= 0.3 is 0 Å². The highest BCUT2D eigenvalue weighted by Gasteiger charge is 2.07.